The molecule has 188 valence electrons. The van der Waals surface area contributed by atoms with Crippen LogP contribution in [0.1, 0.15) is 35.1 Å². The number of pyridine rings is 1. The summed E-state index contributed by atoms with van der Waals surface area (Å²) in [5, 5.41) is 4.30. The van der Waals surface area contributed by atoms with E-state index < -0.39 is 8.25 Å². The molecule has 0 radical (unpaired) electrons. The maximum atomic E-state index is 15.1. The maximum absolute atomic E-state index is 15.1. The number of nitrogens with zero attached hydrogens (tertiary/aromatic N) is 1. The van der Waals surface area contributed by atoms with E-state index >= 15 is 4.39 Å². The van der Waals surface area contributed by atoms with Crippen LogP contribution in [0.5, 0.6) is 0 Å². The van der Waals surface area contributed by atoms with Gasteiger partial charge in [-0.25, -0.2) is 4.39 Å². The number of rotatable bonds is 12. The summed E-state index contributed by atoms with van der Waals surface area (Å²) in [4.78, 5) is 13.3. The van der Waals surface area contributed by atoms with E-state index in [4.69, 9.17) is 9.42 Å². The maximum Gasteiger partial charge on any atom is 0.316 e. The van der Waals surface area contributed by atoms with Gasteiger partial charge in [0.1, 0.15) is 5.82 Å². The van der Waals surface area contributed by atoms with Gasteiger partial charge in [-0.3, -0.25) is 9.55 Å². The predicted molar refractivity (Wildman–Crippen MR) is 144 cm³/mol. The van der Waals surface area contributed by atoms with Gasteiger partial charge in [0.15, 0.2) is 0 Å². The lowest BCUT2D eigenvalue weighted by Gasteiger charge is -2.13. The van der Waals surface area contributed by atoms with Crippen molar-refractivity contribution in [2.75, 3.05) is 13.2 Å². The Balaban J connectivity index is 1.44. The number of halogens is 1. The Kier molecular flexibility index (Phi) is 9.37. The molecule has 1 aromatic heterocycles. The molecule has 3 aromatic carbocycles. The van der Waals surface area contributed by atoms with Gasteiger partial charge in [0.25, 0.3) is 0 Å². The zero-order valence-electron chi connectivity index (χ0n) is 20.5. The summed E-state index contributed by atoms with van der Waals surface area (Å²) >= 11 is 0. The molecule has 0 spiro atoms. The Hall–Kier alpha value is -2.89. The third kappa shape index (κ3) is 6.86. The minimum Gasteiger partial charge on any atom is -0.326 e. The number of aromatic nitrogens is 1. The lowest BCUT2D eigenvalue weighted by Crippen LogP contribution is -2.16. The average Bonchev–Trinajstić information content (AvgIpc) is 2.88. The van der Waals surface area contributed by atoms with Crippen LogP contribution in [0.4, 0.5) is 4.39 Å². The predicted octanol–water partition coefficient (Wildman–Crippen LogP) is 6.40. The highest BCUT2D eigenvalue weighted by Gasteiger charge is 2.11. The third-order valence-corrected chi connectivity index (χ3v) is 6.86. The van der Waals surface area contributed by atoms with Crippen LogP contribution in [0.25, 0.3) is 22.0 Å². The molecule has 1 unspecified atom stereocenters. The molecule has 5 nitrogen and oxygen atoms in total. The molecule has 0 bridgehead atoms. The Morgan fingerprint density at radius 3 is 2.58 bits per heavy atom. The van der Waals surface area contributed by atoms with Crippen molar-refractivity contribution in [1.82, 2.24) is 10.3 Å². The zero-order chi connectivity index (χ0) is 25.3. The lowest BCUT2D eigenvalue weighted by atomic mass is 9.95. The molecule has 0 saturated carbocycles. The van der Waals surface area contributed by atoms with Gasteiger partial charge in [0, 0.05) is 18.1 Å². The molecule has 0 aliphatic carbocycles. The van der Waals surface area contributed by atoms with Crippen LogP contribution in [0, 0.1) is 12.7 Å². The summed E-state index contributed by atoms with van der Waals surface area (Å²) in [6.07, 6.45) is 4.95. The molecular formula is C29H32FN2O3P. The van der Waals surface area contributed by atoms with Crippen LogP contribution in [0.3, 0.4) is 0 Å². The summed E-state index contributed by atoms with van der Waals surface area (Å²) in [5.74, 6) is -0.173. The number of hydrogen-bond acceptors (Lipinski definition) is 4. The van der Waals surface area contributed by atoms with E-state index in [1.807, 2.05) is 42.5 Å². The van der Waals surface area contributed by atoms with Gasteiger partial charge in [-0.15, -0.1) is 0 Å². The molecule has 36 heavy (non-hydrogen) atoms. The fourth-order valence-corrected chi connectivity index (χ4v) is 4.80. The van der Waals surface area contributed by atoms with Crippen molar-refractivity contribution < 1.29 is 18.4 Å². The number of aryl methyl sites for hydroxylation is 3. The fraction of sp³-hybridized carbons (Fsp3) is 0.276. The summed E-state index contributed by atoms with van der Waals surface area (Å²) in [6.45, 7) is 3.62. The largest absolute Gasteiger partial charge is 0.326 e. The van der Waals surface area contributed by atoms with Crippen LogP contribution < -0.4 is 5.32 Å². The monoisotopic (exact) mass is 506 g/mol. The highest BCUT2D eigenvalue weighted by molar-refractivity contribution is 7.32. The molecular weight excluding hydrogens is 474 g/mol. The van der Waals surface area contributed by atoms with E-state index in [0.717, 1.165) is 46.0 Å². The molecule has 0 amide bonds. The van der Waals surface area contributed by atoms with Crippen molar-refractivity contribution in [3.63, 3.8) is 0 Å². The average molecular weight is 507 g/mol. The number of hydrogen-bond donors (Lipinski definition) is 2. The van der Waals surface area contributed by atoms with Gasteiger partial charge in [-0.05, 0) is 84.7 Å². The standard InChI is InChI=1S/C29H32FN2O3P/c1-21-7-2-3-8-22(21)9-4-10-23-12-13-24(19-28(23)30)26-15-14-25(29-27(26)11-5-17-32-29)20-31-16-6-18-35-36(33)34/h2-3,5,7-8,11-15,17,19,31,36H,4,6,9-10,16,18,20H2,1H3,(H,33,34). The topological polar surface area (TPSA) is 71.5 Å². The van der Waals surface area contributed by atoms with Crippen molar-refractivity contribution in [2.45, 2.75) is 39.2 Å². The molecule has 1 heterocycles. The van der Waals surface area contributed by atoms with E-state index in [9.17, 15) is 4.57 Å². The van der Waals surface area contributed by atoms with Crippen LogP contribution in [0.15, 0.2) is 72.9 Å². The van der Waals surface area contributed by atoms with Gasteiger partial charge in [-0.2, -0.15) is 0 Å². The lowest BCUT2D eigenvalue weighted by molar-refractivity contribution is 0.276. The summed E-state index contributed by atoms with van der Waals surface area (Å²) < 4.78 is 30.4. The first-order chi connectivity index (χ1) is 17.5. The van der Waals surface area contributed by atoms with Crippen LogP contribution in [-0.2, 0) is 28.5 Å². The van der Waals surface area contributed by atoms with E-state index in [0.29, 0.717) is 25.9 Å². The molecule has 0 aliphatic rings. The number of nitrogens with one attached hydrogen (secondary N) is 1. The summed E-state index contributed by atoms with van der Waals surface area (Å²) in [6, 6.07) is 21.9. The van der Waals surface area contributed by atoms with Gasteiger partial charge in [-0.1, -0.05) is 54.6 Å². The molecule has 4 aromatic rings. The van der Waals surface area contributed by atoms with Crippen LogP contribution in [0.2, 0.25) is 0 Å². The van der Waals surface area contributed by atoms with Crippen molar-refractivity contribution in [1.29, 1.82) is 0 Å². The summed E-state index contributed by atoms with van der Waals surface area (Å²) in [5.41, 5.74) is 7.05. The quantitative estimate of drug-likeness (QED) is 0.172. The SMILES string of the molecule is Cc1ccccc1CCCc1ccc(-c2ccc(CNCCCO[PH](=O)O)c3ncccc23)cc1F. The molecule has 7 heteroatoms. The third-order valence-electron chi connectivity index (χ3n) is 6.41. The van der Waals surface area contributed by atoms with Crippen molar-refractivity contribution in [3.05, 3.63) is 101 Å². The van der Waals surface area contributed by atoms with Gasteiger partial charge >= 0.3 is 8.25 Å². The van der Waals surface area contributed by atoms with E-state index in [1.54, 1.807) is 12.3 Å². The Labute approximate surface area is 212 Å². The fourth-order valence-electron chi connectivity index (χ4n) is 4.48. The Morgan fingerprint density at radius 1 is 0.972 bits per heavy atom. The van der Waals surface area contributed by atoms with Crippen molar-refractivity contribution in [3.8, 4) is 11.1 Å². The minimum absolute atomic E-state index is 0.173. The van der Waals surface area contributed by atoms with Gasteiger partial charge in [0.05, 0.1) is 12.1 Å². The highest BCUT2D eigenvalue weighted by atomic mass is 31.1. The van der Waals surface area contributed by atoms with E-state index in [-0.39, 0.29) is 12.4 Å². The highest BCUT2D eigenvalue weighted by Crippen LogP contribution is 2.31. The second-order valence-corrected chi connectivity index (χ2v) is 9.72. The smallest absolute Gasteiger partial charge is 0.316 e. The molecule has 1 atom stereocenters. The number of benzene rings is 3. The van der Waals surface area contributed by atoms with Gasteiger partial charge in [0.2, 0.25) is 0 Å². The molecule has 0 aliphatic heterocycles. The van der Waals surface area contributed by atoms with Gasteiger partial charge < -0.3 is 14.7 Å². The molecule has 0 fully saturated rings. The van der Waals surface area contributed by atoms with Crippen LogP contribution in [-0.4, -0.2) is 23.0 Å². The van der Waals surface area contributed by atoms with Crippen molar-refractivity contribution in [2.24, 2.45) is 0 Å². The van der Waals surface area contributed by atoms with E-state index in [1.165, 1.54) is 11.1 Å². The minimum atomic E-state index is -2.87. The van der Waals surface area contributed by atoms with Crippen LogP contribution >= 0.6 is 8.25 Å². The summed E-state index contributed by atoms with van der Waals surface area (Å²) in [7, 11) is -2.87. The molecule has 0 saturated heterocycles. The Morgan fingerprint density at radius 2 is 1.78 bits per heavy atom. The normalized spacial score (nSPS) is 12.2. The van der Waals surface area contributed by atoms with E-state index in [2.05, 4.69) is 35.4 Å². The van der Waals surface area contributed by atoms with Crippen molar-refractivity contribution >= 4 is 19.2 Å². The molecule has 4 rings (SSSR count). The molecule has 2 N–H and O–H groups in total. The zero-order valence-corrected chi connectivity index (χ0v) is 21.5. The number of fused-ring (bicyclic) bond motifs is 1. The second kappa shape index (κ2) is 12.9. The second-order valence-electron chi connectivity index (χ2n) is 8.90. The Bertz CT molecular complexity index is 1350. The first-order valence-electron chi connectivity index (χ1n) is 12.3. The first kappa shape index (κ1) is 26.2. The first-order valence-corrected chi connectivity index (χ1v) is 13.6.